The first-order valence-corrected chi connectivity index (χ1v) is 8.21. The highest BCUT2D eigenvalue weighted by molar-refractivity contribution is 6.30. The number of aliphatic imine (C=N–C) groups is 1. The van der Waals surface area contributed by atoms with E-state index in [-0.39, 0.29) is 6.04 Å². The monoisotopic (exact) mass is 348 g/mol. The second-order valence-electron chi connectivity index (χ2n) is 5.86. The molecule has 0 amide bonds. The van der Waals surface area contributed by atoms with E-state index in [0.29, 0.717) is 6.54 Å². The van der Waals surface area contributed by atoms with Crippen LogP contribution >= 0.6 is 11.6 Å². The van der Waals surface area contributed by atoms with Crippen molar-refractivity contribution in [3.8, 4) is 0 Å². The zero-order chi connectivity index (χ0) is 17.5. The predicted molar refractivity (Wildman–Crippen MR) is 99.3 cm³/mol. The maximum Gasteiger partial charge on any atom is 0.191 e. The quantitative estimate of drug-likeness (QED) is 0.619. The minimum absolute atomic E-state index is 0.216. The van der Waals surface area contributed by atoms with Crippen LogP contribution in [0.2, 0.25) is 5.02 Å². The SMILES string of the molecule is CN=C(NCc1ccc(Cl)cc1)NCC(c1cnn(C)c1)N(C)C. The van der Waals surface area contributed by atoms with Crippen LogP contribution in [-0.2, 0) is 13.6 Å². The maximum atomic E-state index is 5.91. The summed E-state index contributed by atoms with van der Waals surface area (Å²) < 4.78 is 1.82. The Morgan fingerprint density at radius 2 is 2.00 bits per heavy atom. The number of hydrogen-bond acceptors (Lipinski definition) is 3. The van der Waals surface area contributed by atoms with Gasteiger partial charge in [-0.1, -0.05) is 23.7 Å². The first-order chi connectivity index (χ1) is 11.5. The van der Waals surface area contributed by atoms with Crippen LogP contribution in [0.5, 0.6) is 0 Å². The normalized spacial score (nSPS) is 13.2. The lowest BCUT2D eigenvalue weighted by molar-refractivity contribution is 0.298. The molecule has 6 nitrogen and oxygen atoms in total. The molecule has 1 aromatic carbocycles. The molecule has 1 atom stereocenters. The van der Waals surface area contributed by atoms with Crippen LogP contribution in [0.25, 0.3) is 0 Å². The third-order valence-corrected chi connectivity index (χ3v) is 4.04. The molecule has 7 heteroatoms. The summed E-state index contributed by atoms with van der Waals surface area (Å²) in [5.74, 6) is 0.765. The van der Waals surface area contributed by atoms with Crippen molar-refractivity contribution < 1.29 is 0 Å². The summed E-state index contributed by atoms with van der Waals surface area (Å²) in [7, 11) is 7.81. The highest BCUT2D eigenvalue weighted by Gasteiger charge is 2.16. The minimum atomic E-state index is 0.216. The molecule has 2 N–H and O–H groups in total. The van der Waals surface area contributed by atoms with Crippen LogP contribution < -0.4 is 10.6 Å². The van der Waals surface area contributed by atoms with Crippen LogP contribution in [0, 0.1) is 0 Å². The Kier molecular flexibility index (Phi) is 6.63. The Bertz CT molecular complexity index is 662. The minimum Gasteiger partial charge on any atom is -0.354 e. The van der Waals surface area contributed by atoms with Gasteiger partial charge in [-0.25, -0.2) is 0 Å². The zero-order valence-corrected chi connectivity index (χ0v) is 15.4. The molecule has 0 spiro atoms. The summed E-state index contributed by atoms with van der Waals surface area (Å²) in [5.41, 5.74) is 2.32. The smallest absolute Gasteiger partial charge is 0.191 e. The Balaban J connectivity index is 1.90. The zero-order valence-electron chi connectivity index (χ0n) is 14.6. The fourth-order valence-electron chi connectivity index (χ4n) is 2.41. The number of hydrogen-bond donors (Lipinski definition) is 2. The molecular formula is C17H25ClN6. The number of rotatable bonds is 6. The number of nitrogens with one attached hydrogen (secondary N) is 2. The molecule has 0 aliphatic heterocycles. The number of benzene rings is 1. The largest absolute Gasteiger partial charge is 0.354 e. The predicted octanol–water partition coefficient (Wildman–Crippen LogP) is 2.04. The molecule has 0 saturated heterocycles. The topological polar surface area (TPSA) is 57.5 Å². The van der Waals surface area contributed by atoms with Gasteiger partial charge in [0.1, 0.15) is 0 Å². The van der Waals surface area contributed by atoms with E-state index in [0.717, 1.165) is 23.1 Å². The molecule has 1 aromatic heterocycles. The lowest BCUT2D eigenvalue weighted by atomic mass is 10.1. The molecule has 0 aliphatic carbocycles. The molecule has 2 aromatic rings. The number of guanidine groups is 1. The number of halogens is 1. The van der Waals surface area contributed by atoms with Gasteiger partial charge >= 0.3 is 0 Å². The molecule has 1 unspecified atom stereocenters. The van der Waals surface area contributed by atoms with E-state index in [1.54, 1.807) is 7.05 Å². The first kappa shape index (κ1) is 18.3. The van der Waals surface area contributed by atoms with Crippen molar-refractivity contribution in [3.63, 3.8) is 0 Å². The summed E-state index contributed by atoms with van der Waals surface area (Å²) in [4.78, 5) is 6.44. The van der Waals surface area contributed by atoms with Crippen molar-refractivity contribution >= 4 is 17.6 Å². The van der Waals surface area contributed by atoms with Gasteiger partial charge in [0.05, 0.1) is 12.2 Å². The summed E-state index contributed by atoms with van der Waals surface area (Å²) >= 11 is 5.91. The van der Waals surface area contributed by atoms with E-state index in [1.807, 2.05) is 48.4 Å². The fraction of sp³-hybridized carbons (Fsp3) is 0.412. The lowest BCUT2D eigenvalue weighted by Gasteiger charge is -2.24. The van der Waals surface area contributed by atoms with Crippen LogP contribution in [0.1, 0.15) is 17.2 Å². The van der Waals surface area contributed by atoms with Gasteiger partial charge < -0.3 is 15.5 Å². The van der Waals surface area contributed by atoms with E-state index >= 15 is 0 Å². The summed E-state index contributed by atoms with van der Waals surface area (Å²) in [6.45, 7) is 1.43. The summed E-state index contributed by atoms with van der Waals surface area (Å²) in [6, 6.07) is 7.99. The van der Waals surface area contributed by atoms with Crippen molar-refractivity contribution in [3.05, 3.63) is 52.8 Å². The summed E-state index contributed by atoms with van der Waals surface area (Å²) in [6.07, 6.45) is 3.94. The average molecular weight is 349 g/mol. The molecule has 0 bridgehead atoms. The maximum absolute atomic E-state index is 5.91. The van der Waals surface area contributed by atoms with Crippen molar-refractivity contribution in [1.82, 2.24) is 25.3 Å². The average Bonchev–Trinajstić information content (AvgIpc) is 2.98. The number of nitrogens with zero attached hydrogens (tertiary/aromatic N) is 4. The van der Waals surface area contributed by atoms with E-state index in [2.05, 4.69) is 39.7 Å². The molecule has 130 valence electrons. The van der Waals surface area contributed by atoms with Crippen molar-refractivity contribution in [1.29, 1.82) is 0 Å². The Labute approximate surface area is 148 Å². The first-order valence-electron chi connectivity index (χ1n) is 7.83. The Morgan fingerprint density at radius 1 is 1.29 bits per heavy atom. The molecule has 2 rings (SSSR count). The van der Waals surface area contributed by atoms with Crippen molar-refractivity contribution in [2.24, 2.45) is 12.0 Å². The number of likely N-dealkylation sites (N-methyl/N-ethyl adjacent to an activating group) is 1. The number of aryl methyl sites for hydroxylation is 1. The van der Waals surface area contributed by atoms with Gasteiger partial charge in [-0.3, -0.25) is 9.67 Å². The molecule has 0 saturated carbocycles. The Morgan fingerprint density at radius 3 is 2.54 bits per heavy atom. The van der Waals surface area contributed by atoms with Gasteiger partial charge in [0.25, 0.3) is 0 Å². The molecule has 0 aliphatic rings. The van der Waals surface area contributed by atoms with E-state index in [4.69, 9.17) is 11.6 Å². The molecule has 0 radical (unpaired) electrons. The third kappa shape index (κ3) is 5.25. The van der Waals surface area contributed by atoms with Crippen LogP contribution in [0.4, 0.5) is 0 Å². The Hall–Kier alpha value is -2.05. The molecule has 24 heavy (non-hydrogen) atoms. The van der Waals surface area contributed by atoms with E-state index in [9.17, 15) is 0 Å². The fourth-order valence-corrected chi connectivity index (χ4v) is 2.54. The highest BCUT2D eigenvalue weighted by atomic mass is 35.5. The van der Waals surface area contributed by atoms with Gasteiger partial charge in [-0.05, 0) is 31.8 Å². The highest BCUT2D eigenvalue weighted by Crippen LogP contribution is 2.16. The molecule has 0 fully saturated rings. The van der Waals surface area contributed by atoms with Gasteiger partial charge in [-0.15, -0.1) is 0 Å². The second kappa shape index (κ2) is 8.70. The second-order valence-corrected chi connectivity index (χ2v) is 6.30. The van der Waals surface area contributed by atoms with Gasteiger partial charge in [-0.2, -0.15) is 5.10 Å². The van der Waals surface area contributed by atoms with Gasteiger partial charge in [0.2, 0.25) is 0 Å². The van der Waals surface area contributed by atoms with Crippen molar-refractivity contribution in [2.45, 2.75) is 12.6 Å². The van der Waals surface area contributed by atoms with Gasteiger partial charge in [0.15, 0.2) is 5.96 Å². The summed E-state index contributed by atoms with van der Waals surface area (Å²) in [5, 5.41) is 11.7. The van der Waals surface area contributed by atoms with Crippen LogP contribution in [-0.4, -0.2) is 48.3 Å². The van der Waals surface area contributed by atoms with Crippen LogP contribution in [0.15, 0.2) is 41.7 Å². The molecule has 1 heterocycles. The van der Waals surface area contributed by atoms with E-state index < -0.39 is 0 Å². The van der Waals surface area contributed by atoms with Crippen LogP contribution in [0.3, 0.4) is 0 Å². The number of aromatic nitrogens is 2. The lowest BCUT2D eigenvalue weighted by Crippen LogP contribution is -2.41. The molecular weight excluding hydrogens is 324 g/mol. The van der Waals surface area contributed by atoms with Gasteiger partial charge in [0, 0.05) is 44.0 Å². The standard InChI is InChI=1S/C17H25ClN6/c1-19-17(20-9-13-5-7-15(18)8-6-13)21-11-16(23(2)3)14-10-22-24(4)12-14/h5-8,10,12,16H,9,11H2,1-4H3,(H2,19,20,21). The van der Waals surface area contributed by atoms with E-state index in [1.165, 1.54) is 5.56 Å². The third-order valence-electron chi connectivity index (χ3n) is 3.79. The van der Waals surface area contributed by atoms with Crippen molar-refractivity contribution in [2.75, 3.05) is 27.7 Å².